The molecule has 0 bridgehead atoms. The molecule has 0 aliphatic rings. The van der Waals surface area contributed by atoms with Crippen LogP contribution in [0.15, 0.2) is 12.7 Å². The average Bonchev–Trinajstić information content (AvgIpc) is 2.02. The Labute approximate surface area is 77.6 Å². The number of unbranched alkanes of at least 4 members (excludes halogenated alkanes) is 2. The molecule has 0 aromatic rings. The minimum absolute atomic E-state index is 0.536. The predicted octanol–water partition coefficient (Wildman–Crippen LogP) is 1.89. The molecule has 0 aliphatic carbocycles. The zero-order chi connectivity index (χ0) is 9.23. The van der Waals surface area contributed by atoms with Gasteiger partial charge in [0.05, 0.1) is 15.0 Å². The van der Waals surface area contributed by atoms with E-state index in [0.717, 1.165) is 19.2 Å². The van der Waals surface area contributed by atoms with Crippen LogP contribution < -0.4 is 5.48 Å². The van der Waals surface area contributed by atoms with E-state index in [4.69, 9.17) is 4.84 Å². The van der Waals surface area contributed by atoms with Gasteiger partial charge in [0.25, 0.3) is 0 Å². The SMILES string of the molecule is C=CCCCCNOC[SiH](C)C. The van der Waals surface area contributed by atoms with Crippen LogP contribution in [-0.2, 0) is 4.84 Å². The molecule has 2 nitrogen and oxygen atoms in total. The predicted molar refractivity (Wildman–Crippen MR) is 56.9 cm³/mol. The molecule has 1 N–H and O–H groups in total. The number of hydroxylamine groups is 1. The first-order valence-corrected chi connectivity index (χ1v) is 7.85. The second-order valence-electron chi connectivity index (χ2n) is 3.38. The largest absolute Gasteiger partial charge is 0.306 e. The van der Waals surface area contributed by atoms with Gasteiger partial charge in [-0.25, -0.2) is 5.48 Å². The Morgan fingerprint density at radius 1 is 1.42 bits per heavy atom. The molecule has 0 aromatic carbocycles. The van der Waals surface area contributed by atoms with Gasteiger partial charge >= 0.3 is 0 Å². The van der Waals surface area contributed by atoms with Crippen LogP contribution in [-0.4, -0.2) is 21.6 Å². The zero-order valence-electron chi connectivity index (χ0n) is 8.31. The van der Waals surface area contributed by atoms with Crippen molar-refractivity contribution in [2.75, 3.05) is 12.8 Å². The minimum Gasteiger partial charge on any atom is -0.306 e. The Morgan fingerprint density at radius 2 is 2.17 bits per heavy atom. The van der Waals surface area contributed by atoms with E-state index in [0.29, 0.717) is 0 Å². The molecular formula is C9H21NOSi. The molecule has 0 saturated carbocycles. The second kappa shape index (κ2) is 8.97. The summed E-state index contributed by atoms with van der Waals surface area (Å²) in [6.07, 6.45) is 6.38. The van der Waals surface area contributed by atoms with Gasteiger partial charge in [-0.2, -0.15) is 0 Å². The van der Waals surface area contributed by atoms with Gasteiger partial charge in [0, 0.05) is 6.54 Å². The highest BCUT2D eigenvalue weighted by Gasteiger charge is 1.94. The lowest BCUT2D eigenvalue weighted by atomic mass is 10.2. The van der Waals surface area contributed by atoms with Gasteiger partial charge in [-0.1, -0.05) is 19.2 Å². The molecule has 0 rings (SSSR count). The summed E-state index contributed by atoms with van der Waals surface area (Å²) >= 11 is 0. The molecule has 3 heteroatoms. The Bertz CT molecular complexity index is 107. The third-order valence-corrected chi connectivity index (χ3v) is 2.29. The van der Waals surface area contributed by atoms with E-state index in [9.17, 15) is 0 Å². The molecule has 0 heterocycles. The van der Waals surface area contributed by atoms with Crippen molar-refractivity contribution >= 4 is 8.80 Å². The summed E-state index contributed by atoms with van der Waals surface area (Å²) in [5.74, 6) is 0. The monoisotopic (exact) mass is 187 g/mol. The lowest BCUT2D eigenvalue weighted by Gasteiger charge is -2.06. The first-order chi connectivity index (χ1) is 5.77. The number of nitrogens with one attached hydrogen (secondary N) is 1. The summed E-state index contributed by atoms with van der Waals surface area (Å²) in [7, 11) is -0.536. The lowest BCUT2D eigenvalue weighted by molar-refractivity contribution is 0.0719. The van der Waals surface area contributed by atoms with E-state index < -0.39 is 8.80 Å². The number of allylic oxidation sites excluding steroid dienone is 1. The van der Waals surface area contributed by atoms with E-state index in [1.54, 1.807) is 0 Å². The van der Waals surface area contributed by atoms with E-state index in [1.165, 1.54) is 12.8 Å². The van der Waals surface area contributed by atoms with Gasteiger partial charge in [-0.3, -0.25) is 0 Å². The normalized spacial score (nSPS) is 10.6. The van der Waals surface area contributed by atoms with Crippen molar-refractivity contribution in [2.24, 2.45) is 0 Å². The van der Waals surface area contributed by atoms with Crippen LogP contribution in [0.4, 0.5) is 0 Å². The summed E-state index contributed by atoms with van der Waals surface area (Å²) in [5.41, 5.74) is 2.98. The summed E-state index contributed by atoms with van der Waals surface area (Å²) < 4.78 is 0. The minimum atomic E-state index is -0.536. The summed E-state index contributed by atoms with van der Waals surface area (Å²) in [6.45, 7) is 9.19. The van der Waals surface area contributed by atoms with Gasteiger partial charge in [0.15, 0.2) is 0 Å². The van der Waals surface area contributed by atoms with Crippen molar-refractivity contribution in [3.63, 3.8) is 0 Å². The zero-order valence-corrected chi connectivity index (χ0v) is 9.46. The lowest BCUT2D eigenvalue weighted by Crippen LogP contribution is -2.22. The van der Waals surface area contributed by atoms with Gasteiger partial charge in [0.1, 0.15) is 0 Å². The van der Waals surface area contributed by atoms with Crippen LogP contribution >= 0.6 is 0 Å². The van der Waals surface area contributed by atoms with Crippen LogP contribution in [0.1, 0.15) is 19.3 Å². The maximum absolute atomic E-state index is 5.26. The van der Waals surface area contributed by atoms with Gasteiger partial charge in [-0.15, -0.1) is 6.58 Å². The van der Waals surface area contributed by atoms with Gasteiger partial charge in [-0.05, 0) is 19.3 Å². The average molecular weight is 187 g/mol. The van der Waals surface area contributed by atoms with Crippen LogP contribution in [0.3, 0.4) is 0 Å². The molecule has 0 atom stereocenters. The molecule has 0 saturated heterocycles. The topological polar surface area (TPSA) is 21.3 Å². The van der Waals surface area contributed by atoms with Crippen molar-refractivity contribution < 1.29 is 4.84 Å². The molecule has 0 unspecified atom stereocenters. The molecule has 0 aliphatic heterocycles. The number of rotatable bonds is 8. The van der Waals surface area contributed by atoms with Crippen LogP contribution in [0.5, 0.6) is 0 Å². The quantitative estimate of drug-likeness (QED) is 0.271. The first-order valence-electron chi connectivity index (χ1n) is 4.73. The van der Waals surface area contributed by atoms with Gasteiger partial charge in [0.2, 0.25) is 0 Å². The fourth-order valence-electron chi connectivity index (χ4n) is 0.784. The van der Waals surface area contributed by atoms with Crippen molar-refractivity contribution in [2.45, 2.75) is 32.4 Å². The van der Waals surface area contributed by atoms with Crippen LogP contribution in [0, 0.1) is 0 Å². The third-order valence-electron chi connectivity index (χ3n) is 1.46. The van der Waals surface area contributed by atoms with Crippen molar-refractivity contribution in [1.29, 1.82) is 0 Å². The maximum Gasteiger partial charge on any atom is 0.0643 e. The number of hydrogen-bond acceptors (Lipinski definition) is 2. The highest BCUT2D eigenvalue weighted by atomic mass is 28.3. The fraction of sp³-hybridized carbons (Fsp3) is 0.778. The standard InChI is InChI=1S/C9H21NOSi/c1-4-5-6-7-8-10-11-9-12(2)3/h4,10,12H,1,5-9H2,2-3H3. The smallest absolute Gasteiger partial charge is 0.0643 e. The molecule has 12 heavy (non-hydrogen) atoms. The van der Waals surface area contributed by atoms with E-state index in [2.05, 4.69) is 25.2 Å². The van der Waals surface area contributed by atoms with Crippen LogP contribution in [0.25, 0.3) is 0 Å². The number of hydrogen-bond donors (Lipinski definition) is 1. The molecule has 0 amide bonds. The Balaban J connectivity index is 2.86. The Morgan fingerprint density at radius 3 is 2.75 bits per heavy atom. The fourth-order valence-corrected chi connectivity index (χ4v) is 1.23. The summed E-state index contributed by atoms with van der Waals surface area (Å²) in [5, 5.41) is 0. The molecule has 0 fully saturated rings. The van der Waals surface area contributed by atoms with Crippen molar-refractivity contribution in [3.05, 3.63) is 12.7 Å². The Hall–Kier alpha value is -0.123. The Kier molecular flexibility index (Phi) is 8.88. The molecular weight excluding hydrogens is 166 g/mol. The van der Waals surface area contributed by atoms with E-state index in [1.807, 2.05) is 6.08 Å². The molecule has 0 aromatic heterocycles. The van der Waals surface area contributed by atoms with E-state index in [-0.39, 0.29) is 0 Å². The summed E-state index contributed by atoms with van der Waals surface area (Å²) in [4.78, 5) is 5.26. The van der Waals surface area contributed by atoms with E-state index >= 15 is 0 Å². The van der Waals surface area contributed by atoms with Crippen molar-refractivity contribution in [3.8, 4) is 0 Å². The van der Waals surface area contributed by atoms with Crippen LogP contribution in [0.2, 0.25) is 13.1 Å². The first kappa shape index (κ1) is 11.9. The van der Waals surface area contributed by atoms with Gasteiger partial charge < -0.3 is 4.84 Å². The second-order valence-corrected chi connectivity index (χ2v) is 6.50. The molecule has 0 radical (unpaired) electrons. The van der Waals surface area contributed by atoms with Crippen molar-refractivity contribution in [1.82, 2.24) is 5.48 Å². The molecule has 72 valence electrons. The summed E-state index contributed by atoms with van der Waals surface area (Å²) in [6, 6.07) is 0. The maximum atomic E-state index is 5.26. The highest BCUT2D eigenvalue weighted by Crippen LogP contribution is 1.93. The highest BCUT2D eigenvalue weighted by molar-refractivity contribution is 6.55. The molecule has 0 spiro atoms. The third kappa shape index (κ3) is 9.88.